The van der Waals surface area contributed by atoms with E-state index in [1.165, 1.54) is 6.42 Å². The molecule has 32 heavy (non-hydrogen) atoms. The molecule has 0 radical (unpaired) electrons. The monoisotopic (exact) mass is 461 g/mol. The maximum absolute atomic E-state index is 6.45. The SMILES string of the molecule is Clc1cc(Nc2ncnc3cc(C#C[C@@H]4CCCN4)sc23)ccc1OCc1ccccn1. The number of ether oxygens (including phenoxy) is 1. The zero-order valence-electron chi connectivity index (χ0n) is 17.1. The Kier molecular flexibility index (Phi) is 6.17. The number of halogens is 1. The predicted octanol–water partition coefficient (Wildman–Crippen LogP) is 5.17. The van der Waals surface area contributed by atoms with Crippen LogP contribution in [0.2, 0.25) is 5.02 Å². The molecule has 4 heterocycles. The van der Waals surface area contributed by atoms with E-state index in [1.807, 2.05) is 42.5 Å². The summed E-state index contributed by atoms with van der Waals surface area (Å²) in [5, 5.41) is 7.25. The van der Waals surface area contributed by atoms with Gasteiger partial charge in [0.2, 0.25) is 0 Å². The molecule has 0 aliphatic carbocycles. The number of rotatable bonds is 5. The average Bonchev–Trinajstić information content (AvgIpc) is 3.48. The van der Waals surface area contributed by atoms with Gasteiger partial charge in [0.1, 0.15) is 18.7 Å². The number of pyridine rings is 1. The highest BCUT2D eigenvalue weighted by Gasteiger charge is 2.12. The van der Waals surface area contributed by atoms with Gasteiger partial charge in [-0.2, -0.15) is 0 Å². The van der Waals surface area contributed by atoms with Crippen molar-refractivity contribution in [3.63, 3.8) is 0 Å². The molecule has 5 rings (SSSR count). The molecule has 0 saturated carbocycles. The molecular formula is C24H20ClN5OS. The molecule has 0 amide bonds. The van der Waals surface area contributed by atoms with Gasteiger partial charge in [-0.1, -0.05) is 29.5 Å². The van der Waals surface area contributed by atoms with Crippen LogP contribution in [0.15, 0.2) is 55.0 Å². The lowest BCUT2D eigenvalue weighted by Gasteiger charge is -2.11. The molecule has 0 bridgehead atoms. The Balaban J connectivity index is 1.32. The average molecular weight is 462 g/mol. The van der Waals surface area contributed by atoms with E-state index < -0.39 is 0 Å². The minimum Gasteiger partial charge on any atom is -0.486 e. The smallest absolute Gasteiger partial charge is 0.151 e. The van der Waals surface area contributed by atoms with Crippen molar-refractivity contribution in [1.82, 2.24) is 20.3 Å². The molecule has 1 saturated heterocycles. The first-order valence-electron chi connectivity index (χ1n) is 10.3. The molecule has 4 aromatic rings. The van der Waals surface area contributed by atoms with Crippen LogP contribution in [0.3, 0.4) is 0 Å². The van der Waals surface area contributed by atoms with E-state index >= 15 is 0 Å². The van der Waals surface area contributed by atoms with Gasteiger partial charge in [-0.15, -0.1) is 11.3 Å². The van der Waals surface area contributed by atoms with E-state index in [0.29, 0.717) is 17.4 Å². The van der Waals surface area contributed by atoms with Crippen molar-refractivity contribution in [2.45, 2.75) is 25.5 Å². The molecule has 1 aliphatic heterocycles. The van der Waals surface area contributed by atoms with Crippen LogP contribution in [-0.2, 0) is 6.61 Å². The van der Waals surface area contributed by atoms with Crippen molar-refractivity contribution < 1.29 is 4.74 Å². The number of hydrogen-bond acceptors (Lipinski definition) is 7. The van der Waals surface area contributed by atoms with Crippen molar-refractivity contribution in [3.05, 3.63) is 70.6 Å². The summed E-state index contributed by atoms with van der Waals surface area (Å²) >= 11 is 8.03. The van der Waals surface area contributed by atoms with Gasteiger partial charge in [0.05, 0.1) is 31.9 Å². The highest BCUT2D eigenvalue weighted by molar-refractivity contribution is 7.20. The van der Waals surface area contributed by atoms with Crippen LogP contribution in [0, 0.1) is 11.8 Å². The molecule has 1 atom stereocenters. The number of nitrogens with zero attached hydrogens (tertiary/aromatic N) is 3. The first kappa shape index (κ1) is 20.7. The van der Waals surface area contributed by atoms with E-state index in [4.69, 9.17) is 16.3 Å². The van der Waals surface area contributed by atoms with Gasteiger partial charge in [0.15, 0.2) is 5.82 Å². The molecule has 8 heteroatoms. The lowest BCUT2D eigenvalue weighted by molar-refractivity contribution is 0.301. The summed E-state index contributed by atoms with van der Waals surface area (Å²) in [7, 11) is 0. The number of hydrogen-bond donors (Lipinski definition) is 2. The minimum atomic E-state index is 0.282. The summed E-state index contributed by atoms with van der Waals surface area (Å²) in [4.78, 5) is 14.1. The first-order chi connectivity index (χ1) is 15.7. The molecule has 160 valence electrons. The number of nitrogens with one attached hydrogen (secondary N) is 2. The quantitative estimate of drug-likeness (QED) is 0.400. The molecule has 1 aromatic carbocycles. The summed E-state index contributed by atoms with van der Waals surface area (Å²) in [6, 6.07) is 13.6. The third-order valence-electron chi connectivity index (χ3n) is 5.04. The fourth-order valence-corrected chi connectivity index (χ4v) is 4.59. The summed E-state index contributed by atoms with van der Waals surface area (Å²) in [6.07, 6.45) is 5.58. The van der Waals surface area contributed by atoms with Gasteiger partial charge in [0, 0.05) is 11.9 Å². The van der Waals surface area contributed by atoms with E-state index in [-0.39, 0.29) is 6.04 Å². The zero-order valence-corrected chi connectivity index (χ0v) is 18.7. The van der Waals surface area contributed by atoms with Gasteiger partial charge < -0.3 is 15.4 Å². The van der Waals surface area contributed by atoms with E-state index in [1.54, 1.807) is 23.9 Å². The largest absolute Gasteiger partial charge is 0.486 e. The fourth-order valence-electron chi connectivity index (χ4n) is 3.44. The Morgan fingerprint density at radius 3 is 2.97 bits per heavy atom. The third-order valence-corrected chi connectivity index (χ3v) is 6.38. The van der Waals surface area contributed by atoms with Crippen LogP contribution in [-0.4, -0.2) is 27.5 Å². The van der Waals surface area contributed by atoms with Gasteiger partial charge in [-0.3, -0.25) is 4.98 Å². The van der Waals surface area contributed by atoms with Gasteiger partial charge in [-0.05, 0) is 55.8 Å². The van der Waals surface area contributed by atoms with Crippen LogP contribution in [0.25, 0.3) is 10.2 Å². The normalized spacial score (nSPS) is 15.3. The minimum absolute atomic E-state index is 0.282. The Bertz CT molecular complexity index is 1290. The summed E-state index contributed by atoms with van der Waals surface area (Å²) in [5.74, 6) is 7.92. The standard InChI is InChI=1S/C24H20ClN5OS/c25-20-12-17(7-9-22(20)31-14-18-4-1-2-10-27-18)30-24-23-21(28-15-29-24)13-19(32-23)8-6-16-5-3-11-26-16/h1-2,4,7,9-10,12-13,15-16,26H,3,5,11,14H2,(H,28,29,30)/t16-/m0/s1. The van der Waals surface area contributed by atoms with E-state index in [9.17, 15) is 0 Å². The highest BCUT2D eigenvalue weighted by atomic mass is 35.5. The van der Waals surface area contributed by atoms with Crippen LogP contribution in [0.4, 0.5) is 11.5 Å². The van der Waals surface area contributed by atoms with Crippen molar-refractivity contribution in [2.24, 2.45) is 0 Å². The number of benzene rings is 1. The van der Waals surface area contributed by atoms with Crippen LogP contribution >= 0.6 is 22.9 Å². The lowest BCUT2D eigenvalue weighted by Crippen LogP contribution is -2.18. The number of anilines is 2. The van der Waals surface area contributed by atoms with E-state index in [0.717, 1.165) is 45.3 Å². The molecule has 6 nitrogen and oxygen atoms in total. The summed E-state index contributed by atoms with van der Waals surface area (Å²) in [6.45, 7) is 1.40. The molecule has 1 aliphatic rings. The summed E-state index contributed by atoms with van der Waals surface area (Å²) in [5.41, 5.74) is 2.53. The Morgan fingerprint density at radius 1 is 1.19 bits per heavy atom. The molecule has 1 fully saturated rings. The highest BCUT2D eigenvalue weighted by Crippen LogP contribution is 2.33. The molecule has 0 unspecified atom stereocenters. The van der Waals surface area contributed by atoms with Crippen molar-refractivity contribution >= 4 is 44.7 Å². The predicted molar refractivity (Wildman–Crippen MR) is 129 cm³/mol. The molecule has 0 spiro atoms. The number of aromatic nitrogens is 3. The van der Waals surface area contributed by atoms with Crippen molar-refractivity contribution in [1.29, 1.82) is 0 Å². The lowest BCUT2D eigenvalue weighted by atomic mass is 10.2. The second-order valence-electron chi connectivity index (χ2n) is 7.35. The van der Waals surface area contributed by atoms with Crippen molar-refractivity contribution in [3.8, 4) is 17.6 Å². The molecule has 2 N–H and O–H groups in total. The Morgan fingerprint density at radius 2 is 2.16 bits per heavy atom. The van der Waals surface area contributed by atoms with Crippen LogP contribution in [0.5, 0.6) is 5.75 Å². The maximum atomic E-state index is 6.45. The van der Waals surface area contributed by atoms with Crippen LogP contribution in [0.1, 0.15) is 23.4 Å². The second-order valence-corrected chi connectivity index (χ2v) is 8.80. The van der Waals surface area contributed by atoms with Crippen LogP contribution < -0.4 is 15.4 Å². The topological polar surface area (TPSA) is 72.0 Å². The number of thiophene rings is 1. The fraction of sp³-hybridized carbons (Fsp3) is 0.208. The molecule has 3 aromatic heterocycles. The maximum Gasteiger partial charge on any atom is 0.151 e. The second kappa shape index (κ2) is 9.53. The Hall–Kier alpha value is -3.18. The third kappa shape index (κ3) is 4.83. The van der Waals surface area contributed by atoms with Crippen molar-refractivity contribution in [2.75, 3.05) is 11.9 Å². The van der Waals surface area contributed by atoms with E-state index in [2.05, 4.69) is 37.4 Å². The summed E-state index contributed by atoms with van der Waals surface area (Å²) < 4.78 is 6.77. The van der Waals surface area contributed by atoms with Gasteiger partial charge >= 0.3 is 0 Å². The molecular weight excluding hydrogens is 442 g/mol. The first-order valence-corrected chi connectivity index (χ1v) is 11.5. The number of fused-ring (bicyclic) bond motifs is 1. The van der Waals surface area contributed by atoms with Gasteiger partial charge in [0.25, 0.3) is 0 Å². The zero-order chi connectivity index (χ0) is 21.8. The van der Waals surface area contributed by atoms with Gasteiger partial charge in [-0.25, -0.2) is 9.97 Å². The Labute approximate surface area is 195 Å².